The van der Waals surface area contributed by atoms with Crippen molar-refractivity contribution in [3.8, 4) is 0 Å². The summed E-state index contributed by atoms with van der Waals surface area (Å²) in [4.78, 5) is 15.0. The molecule has 3 atom stereocenters. The van der Waals surface area contributed by atoms with E-state index in [4.69, 9.17) is 0 Å². The van der Waals surface area contributed by atoms with Crippen LogP contribution >= 0.6 is 0 Å². The third-order valence-corrected chi connectivity index (χ3v) is 5.77. The molecule has 1 saturated heterocycles. The summed E-state index contributed by atoms with van der Waals surface area (Å²) in [5.41, 5.74) is -2.63. The number of aromatic nitrogens is 1. The lowest BCUT2D eigenvalue weighted by atomic mass is 9.75. The molecule has 2 aromatic rings. The van der Waals surface area contributed by atoms with Gasteiger partial charge in [0, 0.05) is 31.6 Å². The molecule has 0 radical (unpaired) electrons. The van der Waals surface area contributed by atoms with Crippen molar-refractivity contribution in [2.75, 3.05) is 13.1 Å². The lowest BCUT2D eigenvalue weighted by Gasteiger charge is -2.44. The summed E-state index contributed by atoms with van der Waals surface area (Å²) in [6.45, 7) is 1.24. The Morgan fingerprint density at radius 3 is 2.37 bits per heavy atom. The van der Waals surface area contributed by atoms with Gasteiger partial charge in [0.1, 0.15) is 6.04 Å². The molecule has 4 rings (SSSR count). The molecule has 0 saturated carbocycles. The Labute approximate surface area is 155 Å². The van der Waals surface area contributed by atoms with Crippen molar-refractivity contribution < 1.29 is 23.1 Å². The first kappa shape index (κ1) is 18.1. The number of alkyl halides is 3. The van der Waals surface area contributed by atoms with Crippen LogP contribution in [0.2, 0.25) is 0 Å². The van der Waals surface area contributed by atoms with Crippen molar-refractivity contribution in [3.05, 3.63) is 59.9 Å². The Balaban J connectivity index is 1.85. The number of rotatable bonds is 2. The smallest absolute Gasteiger partial charge is 0.375 e. The van der Waals surface area contributed by atoms with E-state index >= 15 is 0 Å². The van der Waals surface area contributed by atoms with Crippen molar-refractivity contribution in [2.45, 2.75) is 43.0 Å². The molecule has 2 aliphatic rings. The number of fused-ring (bicyclic) bond motifs is 1. The van der Waals surface area contributed by atoms with Crippen LogP contribution in [0.4, 0.5) is 13.2 Å². The second kappa shape index (κ2) is 6.41. The van der Waals surface area contributed by atoms with Crippen molar-refractivity contribution >= 4 is 5.91 Å². The van der Waals surface area contributed by atoms with E-state index in [2.05, 4.69) is 0 Å². The molecule has 3 heterocycles. The Kier molecular flexibility index (Phi) is 4.29. The first-order valence-corrected chi connectivity index (χ1v) is 9.13. The molecule has 1 aromatic heterocycles. The third-order valence-electron chi connectivity index (χ3n) is 5.77. The second-order valence-electron chi connectivity index (χ2n) is 7.36. The number of hydrogen-bond donors (Lipinski definition) is 1. The summed E-state index contributed by atoms with van der Waals surface area (Å²) in [5.74, 6) is -0.950. The minimum absolute atomic E-state index is 0.178. The highest BCUT2D eigenvalue weighted by Crippen LogP contribution is 2.53. The first-order valence-electron chi connectivity index (χ1n) is 9.13. The number of carbonyl (C=O) groups excluding carboxylic acids is 1. The highest BCUT2D eigenvalue weighted by atomic mass is 19.4. The summed E-state index contributed by atoms with van der Waals surface area (Å²) in [6, 6.07) is 10.6. The molecule has 27 heavy (non-hydrogen) atoms. The standard InChI is InChI=1S/C20H21F3N2O2/c21-20(22,23)19(27)13-15(14-7-2-1-3-8-14)17(25-12-6-9-16(19)25)18(26)24-10-4-5-11-24/h1-3,6-9,12,15,17,27H,4-5,10-11,13H2/t15-,17-,19+/m0/s1. The fraction of sp³-hybridized carbons (Fsp3) is 0.450. The third kappa shape index (κ3) is 2.84. The Morgan fingerprint density at radius 2 is 1.74 bits per heavy atom. The van der Waals surface area contributed by atoms with Gasteiger partial charge in [-0.15, -0.1) is 0 Å². The predicted molar refractivity (Wildman–Crippen MR) is 93.0 cm³/mol. The monoisotopic (exact) mass is 378 g/mol. The lowest BCUT2D eigenvalue weighted by molar-refractivity contribution is -0.278. The van der Waals surface area contributed by atoms with E-state index in [0.29, 0.717) is 18.7 Å². The van der Waals surface area contributed by atoms with Gasteiger partial charge >= 0.3 is 6.18 Å². The summed E-state index contributed by atoms with van der Waals surface area (Å²) >= 11 is 0. The molecule has 0 bridgehead atoms. The SMILES string of the molecule is O=C([C@@H]1[C@H](c2ccccc2)C[C@](O)(C(F)(F)F)c2cccn21)N1CCCC1. The normalized spacial score (nSPS) is 28.2. The number of amides is 1. The number of hydrogen-bond acceptors (Lipinski definition) is 2. The Bertz CT molecular complexity index is 827. The van der Waals surface area contributed by atoms with Gasteiger partial charge in [-0.1, -0.05) is 30.3 Å². The van der Waals surface area contributed by atoms with Crippen LogP contribution in [-0.2, 0) is 10.4 Å². The summed E-state index contributed by atoms with van der Waals surface area (Å²) in [6.07, 6.45) is -2.13. The van der Waals surface area contributed by atoms with Crippen molar-refractivity contribution in [3.63, 3.8) is 0 Å². The minimum atomic E-state index is -4.84. The van der Waals surface area contributed by atoms with Gasteiger partial charge in [-0.25, -0.2) is 0 Å². The van der Waals surface area contributed by atoms with Gasteiger partial charge in [0.15, 0.2) is 0 Å². The van der Waals surface area contributed by atoms with Gasteiger partial charge in [-0.05, 0) is 30.5 Å². The summed E-state index contributed by atoms with van der Waals surface area (Å²) in [5, 5.41) is 10.7. The second-order valence-corrected chi connectivity index (χ2v) is 7.36. The molecule has 144 valence electrons. The van der Waals surface area contributed by atoms with Crippen molar-refractivity contribution in [1.29, 1.82) is 0 Å². The van der Waals surface area contributed by atoms with E-state index in [1.807, 2.05) is 0 Å². The van der Waals surface area contributed by atoms with Gasteiger partial charge in [0.05, 0.1) is 5.69 Å². The largest absolute Gasteiger partial charge is 0.422 e. The molecule has 1 fully saturated rings. The molecule has 1 aromatic carbocycles. The van der Waals surface area contributed by atoms with Crippen molar-refractivity contribution in [1.82, 2.24) is 9.47 Å². The van der Waals surface area contributed by atoms with Crippen molar-refractivity contribution in [2.24, 2.45) is 0 Å². The van der Waals surface area contributed by atoms with Gasteiger partial charge in [-0.3, -0.25) is 4.79 Å². The number of aliphatic hydroxyl groups is 1. The van der Waals surface area contributed by atoms with Crippen LogP contribution < -0.4 is 0 Å². The van der Waals surface area contributed by atoms with Gasteiger partial charge in [-0.2, -0.15) is 13.2 Å². The number of likely N-dealkylation sites (tertiary alicyclic amines) is 1. The molecule has 1 amide bonds. The number of benzene rings is 1. The molecule has 0 unspecified atom stereocenters. The molecule has 0 aliphatic carbocycles. The average Bonchev–Trinajstić information content (AvgIpc) is 3.33. The van der Waals surface area contributed by atoms with Crippen LogP contribution in [0.3, 0.4) is 0 Å². The quantitative estimate of drug-likeness (QED) is 0.868. The van der Waals surface area contributed by atoms with Crippen LogP contribution in [0, 0.1) is 0 Å². The lowest BCUT2D eigenvalue weighted by Crippen LogP contribution is -2.52. The number of halogens is 3. The maximum Gasteiger partial charge on any atom is 0.422 e. The molecule has 2 aliphatic heterocycles. The Morgan fingerprint density at radius 1 is 1.07 bits per heavy atom. The van der Waals surface area contributed by atoms with Gasteiger partial charge < -0.3 is 14.6 Å². The minimum Gasteiger partial charge on any atom is -0.375 e. The maximum absolute atomic E-state index is 13.8. The molecular formula is C20H21F3N2O2. The number of nitrogens with zero attached hydrogens (tertiary/aromatic N) is 2. The molecule has 4 nitrogen and oxygen atoms in total. The fourth-order valence-electron chi connectivity index (χ4n) is 4.39. The first-order chi connectivity index (χ1) is 12.8. The predicted octanol–water partition coefficient (Wildman–Crippen LogP) is 3.59. The van der Waals surface area contributed by atoms with E-state index in [1.165, 1.54) is 22.9 Å². The van der Waals surface area contributed by atoms with E-state index in [-0.39, 0.29) is 11.6 Å². The van der Waals surface area contributed by atoms with Crippen LogP contribution in [-0.4, -0.2) is 39.7 Å². The van der Waals surface area contributed by atoms with E-state index in [0.717, 1.165) is 12.8 Å². The number of carbonyl (C=O) groups is 1. The van der Waals surface area contributed by atoms with Crippen LogP contribution in [0.5, 0.6) is 0 Å². The fourth-order valence-corrected chi connectivity index (χ4v) is 4.39. The van der Waals surface area contributed by atoms with E-state index in [1.54, 1.807) is 35.2 Å². The maximum atomic E-state index is 13.8. The summed E-state index contributed by atoms with van der Waals surface area (Å²) < 4.78 is 42.9. The van der Waals surface area contributed by atoms with Gasteiger partial charge in [0.2, 0.25) is 11.5 Å². The zero-order chi connectivity index (χ0) is 19.2. The van der Waals surface area contributed by atoms with Gasteiger partial charge in [0.25, 0.3) is 0 Å². The summed E-state index contributed by atoms with van der Waals surface area (Å²) in [7, 11) is 0. The zero-order valence-corrected chi connectivity index (χ0v) is 14.7. The molecule has 0 spiro atoms. The van der Waals surface area contributed by atoms with Crippen LogP contribution in [0.25, 0.3) is 0 Å². The zero-order valence-electron chi connectivity index (χ0n) is 14.7. The van der Waals surface area contributed by atoms with E-state index in [9.17, 15) is 23.1 Å². The highest BCUT2D eigenvalue weighted by molar-refractivity contribution is 5.82. The molecular weight excluding hydrogens is 357 g/mol. The highest BCUT2D eigenvalue weighted by Gasteiger charge is 2.61. The van der Waals surface area contributed by atoms with Crippen LogP contribution in [0.15, 0.2) is 48.7 Å². The van der Waals surface area contributed by atoms with Crippen LogP contribution in [0.1, 0.15) is 42.5 Å². The van der Waals surface area contributed by atoms with E-state index < -0.39 is 30.2 Å². The molecule has 1 N–H and O–H groups in total. The average molecular weight is 378 g/mol. The molecule has 7 heteroatoms. The Hall–Kier alpha value is -2.28. The topological polar surface area (TPSA) is 45.5 Å².